The molecule has 2 atom stereocenters. The topological polar surface area (TPSA) is 81.1 Å². The fourth-order valence-corrected chi connectivity index (χ4v) is 5.93. The Hall–Kier alpha value is -3.10. The lowest BCUT2D eigenvalue weighted by molar-refractivity contribution is -0.809. The van der Waals surface area contributed by atoms with Crippen molar-refractivity contribution in [3.63, 3.8) is 0 Å². The Morgan fingerprint density at radius 3 is 2.58 bits per heavy atom. The minimum atomic E-state index is -4.71. The number of rotatable bonds is 5. The van der Waals surface area contributed by atoms with E-state index >= 15 is 0 Å². The van der Waals surface area contributed by atoms with E-state index in [1.54, 1.807) is 5.38 Å². The van der Waals surface area contributed by atoms with Crippen LogP contribution in [0.2, 0.25) is 0 Å². The molecule has 1 aromatic carbocycles. The summed E-state index contributed by atoms with van der Waals surface area (Å²) in [6, 6.07) is 3.60. The standard InChI is InChI=1S/C24H24F5N5O3S/c1-34(36)11-20(24(27,28)29)33(13-34)10-21(35)32-7-5-14(6-8-32)23-30-18(12-38-23)17-9-19(37-31-17)22-15(25)3-2-4-16(22)26/h2-4,11-12,14,19H,5-10,13H2,1H3. The fraction of sp³-hybridized carbons (Fsp3) is 0.458. The van der Waals surface area contributed by atoms with Crippen molar-refractivity contribution in [2.24, 2.45) is 5.16 Å². The van der Waals surface area contributed by atoms with Crippen molar-refractivity contribution in [1.82, 2.24) is 14.8 Å². The zero-order valence-electron chi connectivity index (χ0n) is 20.3. The number of likely N-dealkylation sites (tertiary alicyclic amines) is 1. The molecule has 38 heavy (non-hydrogen) atoms. The van der Waals surface area contributed by atoms with Crippen LogP contribution in [0.15, 0.2) is 40.6 Å². The van der Waals surface area contributed by atoms with Gasteiger partial charge in [0, 0.05) is 30.8 Å². The van der Waals surface area contributed by atoms with Gasteiger partial charge in [-0.15, -0.1) is 11.3 Å². The monoisotopic (exact) mass is 557 g/mol. The maximum Gasteiger partial charge on any atom is 0.436 e. The third-order valence-electron chi connectivity index (χ3n) is 6.81. The number of benzene rings is 1. The highest BCUT2D eigenvalue weighted by molar-refractivity contribution is 7.10. The Kier molecular flexibility index (Phi) is 6.90. The number of aromatic nitrogens is 1. The number of carbonyl (C=O) groups is 1. The molecule has 0 aliphatic carbocycles. The Labute approximate surface area is 218 Å². The number of hydrogen-bond donors (Lipinski definition) is 0. The molecule has 2 aromatic rings. The van der Waals surface area contributed by atoms with Crippen molar-refractivity contribution >= 4 is 23.0 Å². The second kappa shape index (κ2) is 9.89. The fourth-order valence-electron chi connectivity index (χ4n) is 4.93. The first-order valence-corrected chi connectivity index (χ1v) is 12.8. The van der Waals surface area contributed by atoms with Gasteiger partial charge in [-0.3, -0.25) is 4.79 Å². The van der Waals surface area contributed by atoms with Gasteiger partial charge in [0.15, 0.2) is 18.5 Å². The number of hydrogen-bond acceptors (Lipinski definition) is 7. The minimum Gasteiger partial charge on any atom is -0.627 e. The molecule has 0 spiro atoms. The summed E-state index contributed by atoms with van der Waals surface area (Å²) in [6.07, 6.45) is -3.71. The molecule has 5 rings (SSSR count). The molecule has 2 unspecified atom stereocenters. The molecule has 0 N–H and O–H groups in total. The summed E-state index contributed by atoms with van der Waals surface area (Å²) < 4.78 is 66.9. The average molecular weight is 558 g/mol. The molecule has 204 valence electrons. The van der Waals surface area contributed by atoms with Crippen molar-refractivity contribution in [3.05, 3.63) is 68.6 Å². The summed E-state index contributed by atoms with van der Waals surface area (Å²) >= 11 is 1.41. The number of nitrogens with zero attached hydrogens (tertiary/aromatic N) is 5. The molecule has 3 aliphatic heterocycles. The Morgan fingerprint density at radius 2 is 1.92 bits per heavy atom. The van der Waals surface area contributed by atoms with E-state index in [9.17, 15) is 32.0 Å². The van der Waals surface area contributed by atoms with Gasteiger partial charge in [-0.05, 0) is 25.0 Å². The number of piperidine rings is 1. The third-order valence-corrected chi connectivity index (χ3v) is 7.82. The highest BCUT2D eigenvalue weighted by atomic mass is 32.1. The van der Waals surface area contributed by atoms with E-state index in [-0.39, 0.29) is 17.9 Å². The lowest BCUT2D eigenvalue weighted by atomic mass is 9.97. The van der Waals surface area contributed by atoms with Gasteiger partial charge in [0.1, 0.15) is 30.1 Å². The second-order valence-corrected chi connectivity index (χ2v) is 10.6. The van der Waals surface area contributed by atoms with Crippen molar-refractivity contribution in [2.45, 2.75) is 37.5 Å². The van der Waals surface area contributed by atoms with E-state index in [0.29, 0.717) is 43.5 Å². The number of thiazole rings is 1. The maximum atomic E-state index is 14.1. The number of allylic oxidation sites excluding steroid dienone is 1. The number of alkyl halides is 3. The molecule has 0 saturated carbocycles. The predicted molar refractivity (Wildman–Crippen MR) is 127 cm³/mol. The Balaban J connectivity index is 1.16. The second-order valence-electron chi connectivity index (χ2n) is 9.72. The summed E-state index contributed by atoms with van der Waals surface area (Å²) in [5.41, 5.74) is -0.227. The number of quaternary nitrogens is 1. The molecule has 1 saturated heterocycles. The summed E-state index contributed by atoms with van der Waals surface area (Å²) in [7, 11) is 1.10. The largest absolute Gasteiger partial charge is 0.627 e. The summed E-state index contributed by atoms with van der Waals surface area (Å²) in [5.74, 6) is -1.84. The molecule has 0 bridgehead atoms. The van der Waals surface area contributed by atoms with Crippen LogP contribution in [-0.4, -0.2) is 70.6 Å². The first kappa shape index (κ1) is 26.5. The van der Waals surface area contributed by atoms with Gasteiger partial charge in [0.25, 0.3) is 0 Å². The highest BCUT2D eigenvalue weighted by Gasteiger charge is 2.46. The summed E-state index contributed by atoms with van der Waals surface area (Å²) in [4.78, 5) is 25.0. The van der Waals surface area contributed by atoms with E-state index in [1.165, 1.54) is 22.3 Å². The van der Waals surface area contributed by atoms with Gasteiger partial charge in [0.2, 0.25) is 5.91 Å². The first-order chi connectivity index (χ1) is 17.9. The van der Waals surface area contributed by atoms with Gasteiger partial charge < -0.3 is 24.5 Å². The first-order valence-electron chi connectivity index (χ1n) is 11.9. The molecule has 4 heterocycles. The molecular formula is C24H24F5N5O3S. The number of hydroxylamine groups is 3. The summed E-state index contributed by atoms with van der Waals surface area (Å²) in [5, 5.41) is 18.7. The van der Waals surface area contributed by atoms with E-state index in [2.05, 4.69) is 10.1 Å². The number of carbonyl (C=O) groups excluding carboxylic acids is 1. The number of oxime groups is 1. The SMILES string of the molecule is C[N+]1([O-])C=C(C(F)(F)F)N(CC(=O)N2CCC(c3nc(C4=NOC(c5c(F)cccc5F)C4)cs3)CC2)C1. The Morgan fingerprint density at radius 1 is 1.24 bits per heavy atom. The molecule has 1 fully saturated rings. The lowest BCUT2D eigenvalue weighted by Crippen LogP contribution is -2.46. The quantitative estimate of drug-likeness (QED) is 0.305. The summed E-state index contributed by atoms with van der Waals surface area (Å²) in [6.45, 7) is -0.299. The van der Waals surface area contributed by atoms with Crippen LogP contribution in [0.1, 0.15) is 47.5 Å². The Bertz CT molecular complexity index is 1270. The van der Waals surface area contributed by atoms with Gasteiger partial charge in [-0.25, -0.2) is 13.8 Å². The smallest absolute Gasteiger partial charge is 0.436 e. The van der Waals surface area contributed by atoms with Gasteiger partial charge in [-0.2, -0.15) is 13.2 Å². The zero-order chi connectivity index (χ0) is 27.2. The highest BCUT2D eigenvalue weighted by Crippen LogP contribution is 2.37. The van der Waals surface area contributed by atoms with Crippen LogP contribution in [0, 0.1) is 16.8 Å². The molecule has 8 nitrogen and oxygen atoms in total. The van der Waals surface area contributed by atoms with Crippen molar-refractivity contribution in [1.29, 1.82) is 0 Å². The van der Waals surface area contributed by atoms with Crippen LogP contribution >= 0.6 is 11.3 Å². The lowest BCUT2D eigenvalue weighted by Gasteiger charge is -2.34. The normalized spacial score (nSPS) is 24.4. The van der Waals surface area contributed by atoms with Crippen LogP contribution in [0.4, 0.5) is 22.0 Å². The number of halogens is 5. The molecule has 14 heteroatoms. The zero-order valence-corrected chi connectivity index (χ0v) is 21.1. The van der Waals surface area contributed by atoms with Crippen molar-refractivity contribution < 1.29 is 36.2 Å². The predicted octanol–water partition coefficient (Wildman–Crippen LogP) is 4.61. The van der Waals surface area contributed by atoms with Crippen molar-refractivity contribution in [2.75, 3.05) is 33.4 Å². The molecule has 0 radical (unpaired) electrons. The molecule has 1 amide bonds. The van der Waals surface area contributed by atoms with Crippen LogP contribution in [0.5, 0.6) is 0 Å². The minimum absolute atomic E-state index is 0.0412. The van der Waals surface area contributed by atoms with E-state index in [4.69, 9.17) is 4.84 Å². The van der Waals surface area contributed by atoms with Crippen LogP contribution < -0.4 is 0 Å². The van der Waals surface area contributed by atoms with Crippen LogP contribution in [0.25, 0.3) is 0 Å². The van der Waals surface area contributed by atoms with E-state index < -0.39 is 53.4 Å². The van der Waals surface area contributed by atoms with Gasteiger partial charge in [0.05, 0.1) is 23.3 Å². The van der Waals surface area contributed by atoms with Gasteiger partial charge in [-0.1, -0.05) is 11.2 Å². The van der Waals surface area contributed by atoms with E-state index in [1.807, 2.05) is 0 Å². The van der Waals surface area contributed by atoms with Crippen LogP contribution in [0.3, 0.4) is 0 Å². The van der Waals surface area contributed by atoms with E-state index in [0.717, 1.165) is 29.1 Å². The van der Waals surface area contributed by atoms with Crippen molar-refractivity contribution in [3.8, 4) is 0 Å². The molecular weight excluding hydrogens is 533 g/mol. The molecule has 3 aliphatic rings. The third kappa shape index (κ3) is 5.38. The number of amides is 1. The van der Waals surface area contributed by atoms with Gasteiger partial charge >= 0.3 is 6.18 Å². The van der Waals surface area contributed by atoms with Crippen LogP contribution in [-0.2, 0) is 9.63 Å². The maximum absolute atomic E-state index is 14.1. The molecule has 1 aromatic heterocycles. The average Bonchev–Trinajstić information content (AvgIpc) is 3.57.